The molecule has 1 aromatic carbocycles. The first kappa shape index (κ1) is 14.2. The molecule has 0 radical (unpaired) electrons. The fourth-order valence-electron chi connectivity index (χ4n) is 1.51. The summed E-state index contributed by atoms with van der Waals surface area (Å²) in [5.74, 6) is -0.259. The lowest BCUT2D eigenvalue weighted by atomic mass is 10.1. The smallest absolute Gasteiger partial charge is 0.320 e. The topological polar surface area (TPSA) is 62.1 Å². The molecule has 0 fully saturated rings. The maximum absolute atomic E-state index is 11.4. The van der Waals surface area contributed by atoms with E-state index in [-0.39, 0.29) is 24.7 Å². The van der Waals surface area contributed by atoms with E-state index in [1.165, 1.54) is 0 Å². The number of hydrogen-bond acceptors (Lipinski definition) is 4. The van der Waals surface area contributed by atoms with E-state index >= 15 is 0 Å². The summed E-state index contributed by atoms with van der Waals surface area (Å²) in [4.78, 5) is 11.4. The molecule has 0 aliphatic heterocycles. The van der Waals surface area contributed by atoms with Gasteiger partial charge in [0.1, 0.15) is 0 Å². The highest BCUT2D eigenvalue weighted by molar-refractivity contribution is 5.71. The third-order valence-corrected chi connectivity index (χ3v) is 2.46. The Balaban J connectivity index is 2.47. The number of ether oxygens (including phenoxy) is 1. The molecular weight excluding hydrogens is 228 g/mol. The number of carbonyl (C=O) groups excluding carboxylic acids is 1. The zero-order chi connectivity index (χ0) is 13.5. The van der Waals surface area contributed by atoms with E-state index in [1.54, 1.807) is 12.1 Å². The van der Waals surface area contributed by atoms with Gasteiger partial charge in [0.2, 0.25) is 0 Å². The molecule has 0 aromatic heterocycles. The van der Waals surface area contributed by atoms with Crippen LogP contribution in [0.4, 0.5) is 0 Å². The van der Waals surface area contributed by atoms with E-state index in [2.05, 4.69) is 11.4 Å². The highest BCUT2D eigenvalue weighted by Crippen LogP contribution is 2.12. The number of esters is 1. The van der Waals surface area contributed by atoms with E-state index in [9.17, 15) is 4.79 Å². The summed E-state index contributed by atoms with van der Waals surface area (Å²) in [6, 6.07) is 9.40. The molecule has 4 nitrogen and oxygen atoms in total. The predicted octanol–water partition coefficient (Wildman–Crippen LogP) is 2.16. The summed E-state index contributed by atoms with van der Waals surface area (Å²) >= 11 is 0. The molecule has 0 saturated carbocycles. The summed E-state index contributed by atoms with van der Waals surface area (Å²) in [6.07, 6.45) is -0.0930. The molecule has 1 atom stereocenters. The van der Waals surface area contributed by atoms with Crippen molar-refractivity contribution in [1.82, 2.24) is 5.32 Å². The Morgan fingerprint density at radius 3 is 2.44 bits per heavy atom. The SMILES string of the molecule is CC(C)OC(=O)CNC(C)c1ccc(C#N)cc1. The second kappa shape index (κ2) is 6.77. The van der Waals surface area contributed by atoms with Gasteiger partial charge in [0.25, 0.3) is 0 Å². The minimum atomic E-state index is -0.259. The molecule has 0 heterocycles. The van der Waals surface area contributed by atoms with Crippen molar-refractivity contribution in [1.29, 1.82) is 5.26 Å². The molecule has 0 amide bonds. The van der Waals surface area contributed by atoms with Gasteiger partial charge in [-0.2, -0.15) is 5.26 Å². The maximum atomic E-state index is 11.4. The van der Waals surface area contributed by atoms with Crippen LogP contribution in [0, 0.1) is 11.3 Å². The molecule has 0 aliphatic rings. The van der Waals surface area contributed by atoms with Crippen LogP contribution < -0.4 is 5.32 Å². The number of nitrogens with one attached hydrogen (secondary N) is 1. The maximum Gasteiger partial charge on any atom is 0.320 e. The second-order valence-electron chi connectivity index (χ2n) is 4.38. The Morgan fingerprint density at radius 1 is 1.33 bits per heavy atom. The zero-order valence-corrected chi connectivity index (χ0v) is 10.9. The summed E-state index contributed by atoms with van der Waals surface area (Å²) in [7, 11) is 0. The van der Waals surface area contributed by atoms with Gasteiger partial charge in [-0.05, 0) is 38.5 Å². The molecule has 1 rings (SSSR count). The molecule has 1 aromatic rings. The van der Waals surface area contributed by atoms with Gasteiger partial charge in [-0.25, -0.2) is 0 Å². The average Bonchev–Trinajstić information content (AvgIpc) is 2.35. The van der Waals surface area contributed by atoms with Crippen LogP contribution in [0.2, 0.25) is 0 Å². The van der Waals surface area contributed by atoms with E-state index in [0.717, 1.165) is 5.56 Å². The van der Waals surface area contributed by atoms with Gasteiger partial charge in [-0.3, -0.25) is 4.79 Å². The van der Waals surface area contributed by atoms with Crippen LogP contribution in [0.5, 0.6) is 0 Å². The molecule has 1 N–H and O–H groups in total. The van der Waals surface area contributed by atoms with Crippen molar-refractivity contribution in [2.24, 2.45) is 0 Å². The van der Waals surface area contributed by atoms with Crippen LogP contribution in [0.25, 0.3) is 0 Å². The lowest BCUT2D eigenvalue weighted by Crippen LogP contribution is -2.28. The van der Waals surface area contributed by atoms with E-state index in [4.69, 9.17) is 10.00 Å². The average molecular weight is 246 g/mol. The van der Waals surface area contributed by atoms with E-state index in [0.29, 0.717) is 5.56 Å². The van der Waals surface area contributed by atoms with Gasteiger partial charge >= 0.3 is 5.97 Å². The Bertz CT molecular complexity index is 432. The number of hydrogen-bond donors (Lipinski definition) is 1. The first-order valence-corrected chi connectivity index (χ1v) is 5.96. The van der Waals surface area contributed by atoms with Crippen LogP contribution in [0.15, 0.2) is 24.3 Å². The van der Waals surface area contributed by atoms with Crippen LogP contribution in [-0.2, 0) is 9.53 Å². The third-order valence-electron chi connectivity index (χ3n) is 2.46. The van der Waals surface area contributed by atoms with Crippen molar-refractivity contribution in [3.8, 4) is 6.07 Å². The first-order valence-electron chi connectivity index (χ1n) is 5.96. The van der Waals surface area contributed by atoms with Crippen molar-refractivity contribution in [3.63, 3.8) is 0 Å². The van der Waals surface area contributed by atoms with Gasteiger partial charge in [-0.15, -0.1) is 0 Å². The fourth-order valence-corrected chi connectivity index (χ4v) is 1.51. The molecular formula is C14H18N2O2. The van der Waals surface area contributed by atoms with E-state index < -0.39 is 0 Å². The number of nitrogens with zero attached hydrogens (tertiary/aromatic N) is 1. The van der Waals surface area contributed by atoms with Gasteiger partial charge in [-0.1, -0.05) is 12.1 Å². The number of carbonyl (C=O) groups is 1. The molecule has 0 aliphatic carbocycles. The molecule has 96 valence electrons. The van der Waals surface area contributed by atoms with Crippen LogP contribution >= 0.6 is 0 Å². The molecule has 4 heteroatoms. The second-order valence-corrected chi connectivity index (χ2v) is 4.38. The Kier molecular flexibility index (Phi) is 5.34. The van der Waals surface area contributed by atoms with Crippen LogP contribution in [-0.4, -0.2) is 18.6 Å². The summed E-state index contributed by atoms with van der Waals surface area (Å²) < 4.78 is 5.03. The minimum Gasteiger partial charge on any atom is -0.462 e. The number of nitriles is 1. The molecule has 18 heavy (non-hydrogen) atoms. The molecule has 1 unspecified atom stereocenters. The Morgan fingerprint density at radius 2 is 1.94 bits per heavy atom. The molecule has 0 bridgehead atoms. The number of rotatable bonds is 5. The number of benzene rings is 1. The standard InChI is InChI=1S/C14H18N2O2/c1-10(2)18-14(17)9-16-11(3)13-6-4-12(8-15)5-7-13/h4-7,10-11,16H,9H2,1-3H3. The van der Waals surface area contributed by atoms with Gasteiger partial charge in [0.15, 0.2) is 0 Å². The summed E-state index contributed by atoms with van der Waals surface area (Å²) in [5, 5.41) is 11.8. The first-order chi connectivity index (χ1) is 8.52. The van der Waals surface area contributed by atoms with Gasteiger partial charge < -0.3 is 10.1 Å². The van der Waals surface area contributed by atoms with Gasteiger partial charge in [0.05, 0.1) is 24.3 Å². The van der Waals surface area contributed by atoms with Crippen molar-refractivity contribution in [2.45, 2.75) is 32.9 Å². The summed E-state index contributed by atoms with van der Waals surface area (Å²) in [5.41, 5.74) is 1.66. The summed E-state index contributed by atoms with van der Waals surface area (Å²) in [6.45, 7) is 5.78. The highest BCUT2D eigenvalue weighted by Gasteiger charge is 2.09. The largest absolute Gasteiger partial charge is 0.462 e. The fraction of sp³-hybridized carbons (Fsp3) is 0.429. The van der Waals surface area contributed by atoms with Crippen molar-refractivity contribution in [2.75, 3.05) is 6.54 Å². The Hall–Kier alpha value is -1.86. The van der Waals surface area contributed by atoms with Gasteiger partial charge in [0, 0.05) is 6.04 Å². The highest BCUT2D eigenvalue weighted by atomic mass is 16.5. The van der Waals surface area contributed by atoms with Crippen molar-refractivity contribution < 1.29 is 9.53 Å². The quantitative estimate of drug-likeness (QED) is 0.809. The van der Waals surface area contributed by atoms with Crippen molar-refractivity contribution in [3.05, 3.63) is 35.4 Å². The molecule has 0 saturated heterocycles. The van der Waals surface area contributed by atoms with Crippen molar-refractivity contribution >= 4 is 5.97 Å². The van der Waals surface area contributed by atoms with E-state index in [1.807, 2.05) is 32.9 Å². The normalized spacial score (nSPS) is 11.9. The monoisotopic (exact) mass is 246 g/mol. The lowest BCUT2D eigenvalue weighted by Gasteiger charge is -2.14. The Labute approximate surface area is 108 Å². The molecule has 0 spiro atoms. The lowest BCUT2D eigenvalue weighted by molar-refractivity contribution is -0.146. The predicted molar refractivity (Wildman–Crippen MR) is 68.8 cm³/mol. The zero-order valence-electron chi connectivity index (χ0n) is 10.9. The minimum absolute atomic E-state index is 0.0393. The third kappa shape index (κ3) is 4.56. The van der Waals surface area contributed by atoms with Crippen LogP contribution in [0.3, 0.4) is 0 Å². The van der Waals surface area contributed by atoms with Crippen LogP contribution in [0.1, 0.15) is 37.9 Å².